The zero-order valence-electron chi connectivity index (χ0n) is 5.94. The number of hydrogen-bond acceptors (Lipinski definition) is 2. The summed E-state index contributed by atoms with van der Waals surface area (Å²) in [6.45, 7) is 1.73. The van der Waals surface area contributed by atoms with Crippen LogP contribution in [0.2, 0.25) is 0 Å². The Hall–Kier alpha value is -1.58. The Labute approximate surface area is 63.1 Å². The predicted octanol–water partition coefficient (Wildman–Crippen LogP) is 1.14. The van der Waals surface area contributed by atoms with Crippen LogP contribution < -0.4 is 0 Å². The quantitative estimate of drug-likeness (QED) is 0.615. The SMILES string of the molecule is Cc1cc(C=O)n(C(=O)O)c1. The van der Waals surface area contributed by atoms with Gasteiger partial charge in [0.15, 0.2) is 6.29 Å². The number of aromatic nitrogens is 1. The van der Waals surface area contributed by atoms with Crippen molar-refractivity contribution in [2.75, 3.05) is 0 Å². The number of hydrogen-bond donors (Lipinski definition) is 1. The summed E-state index contributed by atoms with van der Waals surface area (Å²) in [5.41, 5.74) is 0.921. The summed E-state index contributed by atoms with van der Waals surface area (Å²) in [5, 5.41) is 8.51. The highest BCUT2D eigenvalue weighted by Gasteiger charge is 2.07. The topological polar surface area (TPSA) is 59.3 Å². The maximum atomic E-state index is 10.4. The van der Waals surface area contributed by atoms with Crippen molar-refractivity contribution < 1.29 is 14.7 Å². The minimum atomic E-state index is -1.14. The molecule has 0 atom stereocenters. The third-order valence-electron chi connectivity index (χ3n) is 1.31. The van der Waals surface area contributed by atoms with E-state index < -0.39 is 6.09 Å². The van der Waals surface area contributed by atoms with Crippen LogP contribution in [0.5, 0.6) is 0 Å². The maximum absolute atomic E-state index is 10.4. The van der Waals surface area contributed by atoms with Crippen molar-refractivity contribution in [1.82, 2.24) is 4.57 Å². The van der Waals surface area contributed by atoms with Gasteiger partial charge in [-0.15, -0.1) is 0 Å². The fourth-order valence-electron chi connectivity index (χ4n) is 0.875. The summed E-state index contributed by atoms with van der Waals surface area (Å²) in [6.07, 6.45) is 0.771. The molecule has 0 fully saturated rings. The fraction of sp³-hybridized carbons (Fsp3) is 0.143. The highest BCUT2D eigenvalue weighted by atomic mass is 16.4. The molecule has 0 aliphatic rings. The zero-order valence-corrected chi connectivity index (χ0v) is 5.94. The van der Waals surface area contributed by atoms with Crippen LogP contribution in [0, 0.1) is 6.92 Å². The van der Waals surface area contributed by atoms with Gasteiger partial charge in [0.25, 0.3) is 0 Å². The van der Waals surface area contributed by atoms with E-state index in [1.165, 1.54) is 12.3 Å². The normalized spacial score (nSPS) is 9.55. The number of nitrogens with zero attached hydrogens (tertiary/aromatic N) is 1. The first kappa shape index (κ1) is 7.53. The lowest BCUT2D eigenvalue weighted by molar-refractivity contribution is 0.111. The molecule has 0 aromatic carbocycles. The van der Waals surface area contributed by atoms with E-state index in [9.17, 15) is 9.59 Å². The van der Waals surface area contributed by atoms with Crippen LogP contribution in [0.1, 0.15) is 16.1 Å². The molecule has 0 saturated heterocycles. The molecule has 4 heteroatoms. The Balaban J connectivity index is 3.22. The van der Waals surface area contributed by atoms with Crippen LogP contribution in [0.15, 0.2) is 12.3 Å². The van der Waals surface area contributed by atoms with Crippen LogP contribution >= 0.6 is 0 Å². The molecule has 58 valence electrons. The standard InChI is InChI=1S/C7H7NO3/c1-5-2-6(4-9)8(3-5)7(10)11/h2-4H,1H3,(H,10,11). The summed E-state index contributed by atoms with van der Waals surface area (Å²) in [4.78, 5) is 20.7. The second-order valence-corrected chi connectivity index (χ2v) is 2.21. The van der Waals surface area contributed by atoms with Crippen LogP contribution in [0.4, 0.5) is 4.79 Å². The van der Waals surface area contributed by atoms with Crippen molar-refractivity contribution in [2.24, 2.45) is 0 Å². The molecule has 0 saturated carbocycles. The van der Waals surface area contributed by atoms with Crippen LogP contribution in [0.25, 0.3) is 0 Å². The Bertz CT molecular complexity index is 301. The third kappa shape index (κ3) is 1.29. The van der Waals surface area contributed by atoms with Gasteiger partial charge in [-0.2, -0.15) is 0 Å². The van der Waals surface area contributed by atoms with E-state index in [0.29, 0.717) is 6.29 Å². The molecule has 0 aliphatic carbocycles. The number of carbonyl (C=O) groups is 2. The molecule has 0 radical (unpaired) electrons. The Morgan fingerprint density at radius 2 is 2.36 bits per heavy atom. The van der Waals surface area contributed by atoms with Crippen molar-refractivity contribution in [2.45, 2.75) is 6.92 Å². The van der Waals surface area contributed by atoms with Crippen molar-refractivity contribution in [3.63, 3.8) is 0 Å². The lowest BCUT2D eigenvalue weighted by Crippen LogP contribution is -2.09. The lowest BCUT2D eigenvalue weighted by Gasteiger charge is -1.93. The zero-order chi connectivity index (χ0) is 8.43. The number of aldehydes is 1. The molecule has 0 spiro atoms. The van der Waals surface area contributed by atoms with E-state index in [1.54, 1.807) is 6.92 Å². The number of carboxylic acid groups (broad SMARTS) is 1. The highest BCUT2D eigenvalue weighted by molar-refractivity contribution is 5.81. The van der Waals surface area contributed by atoms with Crippen molar-refractivity contribution in [1.29, 1.82) is 0 Å². The fourth-order valence-corrected chi connectivity index (χ4v) is 0.875. The van der Waals surface area contributed by atoms with Gasteiger partial charge in [-0.05, 0) is 18.6 Å². The molecule has 0 bridgehead atoms. The molecule has 1 aromatic rings. The van der Waals surface area contributed by atoms with Gasteiger partial charge in [-0.3, -0.25) is 4.79 Å². The first-order chi connectivity index (χ1) is 5.15. The van der Waals surface area contributed by atoms with Crippen molar-refractivity contribution >= 4 is 12.4 Å². The van der Waals surface area contributed by atoms with E-state index in [1.807, 2.05) is 0 Å². The molecule has 0 aliphatic heterocycles. The van der Waals surface area contributed by atoms with Crippen molar-refractivity contribution in [3.8, 4) is 0 Å². The molecule has 0 unspecified atom stereocenters. The second-order valence-electron chi connectivity index (χ2n) is 2.21. The smallest absolute Gasteiger partial charge is 0.416 e. The van der Waals surface area contributed by atoms with Crippen LogP contribution in [0.3, 0.4) is 0 Å². The molecule has 1 N–H and O–H groups in total. The van der Waals surface area contributed by atoms with E-state index >= 15 is 0 Å². The van der Waals surface area contributed by atoms with Gasteiger partial charge in [0.1, 0.15) is 0 Å². The minimum absolute atomic E-state index is 0.162. The first-order valence-electron chi connectivity index (χ1n) is 3.02. The van der Waals surface area contributed by atoms with Crippen molar-refractivity contribution in [3.05, 3.63) is 23.5 Å². The lowest BCUT2D eigenvalue weighted by atomic mass is 10.3. The second kappa shape index (κ2) is 2.57. The van der Waals surface area contributed by atoms with Gasteiger partial charge in [0, 0.05) is 6.20 Å². The molecule has 1 aromatic heterocycles. The minimum Gasteiger partial charge on any atom is -0.464 e. The Kier molecular flexibility index (Phi) is 1.76. The van der Waals surface area contributed by atoms with E-state index in [2.05, 4.69) is 0 Å². The monoisotopic (exact) mass is 153 g/mol. The third-order valence-corrected chi connectivity index (χ3v) is 1.31. The molecule has 1 heterocycles. The summed E-state index contributed by atoms with van der Waals surface area (Å²) in [5.74, 6) is 0. The maximum Gasteiger partial charge on any atom is 0.416 e. The average molecular weight is 153 g/mol. The number of aryl methyl sites for hydroxylation is 1. The van der Waals surface area contributed by atoms with Gasteiger partial charge < -0.3 is 5.11 Å². The van der Waals surface area contributed by atoms with Gasteiger partial charge in [-0.25, -0.2) is 9.36 Å². The Morgan fingerprint density at radius 3 is 2.73 bits per heavy atom. The van der Waals surface area contributed by atoms with E-state index in [-0.39, 0.29) is 5.69 Å². The molecular formula is C7H7NO3. The molecule has 4 nitrogen and oxygen atoms in total. The molecule has 1 rings (SSSR count). The summed E-state index contributed by atoms with van der Waals surface area (Å²) in [7, 11) is 0. The summed E-state index contributed by atoms with van der Waals surface area (Å²) < 4.78 is 0.891. The van der Waals surface area contributed by atoms with E-state index in [4.69, 9.17) is 5.11 Å². The first-order valence-corrected chi connectivity index (χ1v) is 3.02. The van der Waals surface area contributed by atoms with Crippen LogP contribution in [-0.2, 0) is 0 Å². The molecule has 0 amide bonds. The average Bonchev–Trinajstić information content (AvgIpc) is 2.30. The summed E-state index contributed by atoms with van der Waals surface area (Å²) in [6, 6.07) is 1.52. The molecule has 11 heavy (non-hydrogen) atoms. The largest absolute Gasteiger partial charge is 0.464 e. The highest BCUT2D eigenvalue weighted by Crippen LogP contribution is 2.04. The summed E-state index contributed by atoms with van der Waals surface area (Å²) >= 11 is 0. The van der Waals surface area contributed by atoms with E-state index in [0.717, 1.165) is 10.1 Å². The molecular weight excluding hydrogens is 146 g/mol. The Morgan fingerprint density at radius 1 is 1.73 bits per heavy atom. The van der Waals surface area contributed by atoms with Gasteiger partial charge in [0.05, 0.1) is 5.69 Å². The van der Waals surface area contributed by atoms with Gasteiger partial charge in [-0.1, -0.05) is 0 Å². The van der Waals surface area contributed by atoms with Crippen LogP contribution in [-0.4, -0.2) is 22.1 Å². The van der Waals surface area contributed by atoms with Gasteiger partial charge in [0.2, 0.25) is 0 Å². The number of carbonyl (C=O) groups excluding carboxylic acids is 1. The predicted molar refractivity (Wildman–Crippen MR) is 38.0 cm³/mol. The van der Waals surface area contributed by atoms with Gasteiger partial charge >= 0.3 is 6.09 Å². The number of rotatable bonds is 1.